The fourth-order valence-electron chi connectivity index (χ4n) is 2.11. The first kappa shape index (κ1) is 15.0. The van der Waals surface area contributed by atoms with E-state index in [1.165, 1.54) is 4.90 Å². The fourth-order valence-corrected chi connectivity index (χ4v) is 2.11. The molecule has 8 nitrogen and oxygen atoms in total. The van der Waals surface area contributed by atoms with E-state index in [9.17, 15) is 9.59 Å². The average Bonchev–Trinajstić information content (AvgIpc) is 2.53. The number of piperazine rings is 1. The molecule has 1 aliphatic heterocycles. The predicted molar refractivity (Wildman–Crippen MR) is 75.1 cm³/mol. The van der Waals surface area contributed by atoms with Gasteiger partial charge >= 0.3 is 12.0 Å². The third-order valence-electron chi connectivity index (χ3n) is 3.32. The quantitative estimate of drug-likeness (QED) is 0.682. The van der Waals surface area contributed by atoms with Gasteiger partial charge in [-0.1, -0.05) is 6.07 Å². The lowest BCUT2D eigenvalue weighted by molar-refractivity contribution is -0.140. The van der Waals surface area contributed by atoms with Crippen LogP contribution >= 0.6 is 0 Å². The summed E-state index contributed by atoms with van der Waals surface area (Å²) in [7, 11) is 0. The van der Waals surface area contributed by atoms with Crippen LogP contribution in [0.15, 0.2) is 24.4 Å². The Morgan fingerprint density at radius 3 is 2.52 bits per heavy atom. The summed E-state index contributed by atoms with van der Waals surface area (Å²) >= 11 is 0. The number of hydrogen-bond acceptors (Lipinski definition) is 5. The Morgan fingerprint density at radius 2 is 2.00 bits per heavy atom. The Hall–Kier alpha value is -2.35. The molecule has 3 N–H and O–H groups in total. The number of pyridine rings is 1. The molecule has 21 heavy (non-hydrogen) atoms. The number of carboxylic acids is 1. The zero-order valence-corrected chi connectivity index (χ0v) is 11.5. The van der Waals surface area contributed by atoms with Crippen LogP contribution in [0.25, 0.3) is 0 Å². The van der Waals surface area contributed by atoms with Crippen molar-refractivity contribution in [1.82, 2.24) is 15.2 Å². The van der Waals surface area contributed by atoms with Crippen molar-refractivity contribution < 1.29 is 19.8 Å². The van der Waals surface area contributed by atoms with Crippen LogP contribution in [0.3, 0.4) is 0 Å². The molecule has 0 bridgehead atoms. The van der Waals surface area contributed by atoms with E-state index in [-0.39, 0.29) is 0 Å². The predicted octanol–water partition coefficient (Wildman–Crippen LogP) is -0.641. The van der Waals surface area contributed by atoms with E-state index in [0.717, 1.165) is 5.82 Å². The number of carbonyl (C=O) groups is 2. The molecule has 0 unspecified atom stereocenters. The van der Waals surface area contributed by atoms with Crippen molar-refractivity contribution in [3.63, 3.8) is 0 Å². The van der Waals surface area contributed by atoms with Gasteiger partial charge in [-0.2, -0.15) is 0 Å². The highest BCUT2D eigenvalue weighted by molar-refractivity contribution is 5.82. The van der Waals surface area contributed by atoms with Crippen LogP contribution in [-0.4, -0.2) is 70.9 Å². The zero-order valence-electron chi connectivity index (χ0n) is 11.5. The molecular formula is C13H18N4O4. The van der Waals surface area contributed by atoms with Gasteiger partial charge in [-0.15, -0.1) is 0 Å². The maximum Gasteiger partial charge on any atom is 0.328 e. The number of aromatic nitrogens is 1. The van der Waals surface area contributed by atoms with Crippen LogP contribution in [0.4, 0.5) is 10.6 Å². The number of hydrogen-bond donors (Lipinski definition) is 3. The summed E-state index contributed by atoms with van der Waals surface area (Å²) in [6.07, 6.45) is 1.72. The van der Waals surface area contributed by atoms with E-state index in [1.807, 2.05) is 18.2 Å². The number of anilines is 1. The molecule has 0 radical (unpaired) electrons. The maximum absolute atomic E-state index is 11.9. The first-order valence-corrected chi connectivity index (χ1v) is 6.67. The SMILES string of the molecule is O=C(O)[C@@H](CO)NC(=O)N1CCN(c2ccccn2)CC1. The Kier molecular flexibility index (Phi) is 4.94. The van der Waals surface area contributed by atoms with Gasteiger partial charge in [0.2, 0.25) is 0 Å². The van der Waals surface area contributed by atoms with Gasteiger partial charge < -0.3 is 25.3 Å². The number of aliphatic hydroxyl groups is 1. The standard InChI is InChI=1S/C13H18N4O4/c18-9-10(12(19)20)15-13(21)17-7-5-16(6-8-17)11-3-1-2-4-14-11/h1-4,10,18H,5-9H2,(H,15,21)(H,19,20)/t10-/m1/s1. The molecule has 0 saturated carbocycles. The second-order valence-electron chi connectivity index (χ2n) is 4.68. The number of urea groups is 1. The topological polar surface area (TPSA) is 106 Å². The van der Waals surface area contributed by atoms with Crippen LogP contribution in [0, 0.1) is 0 Å². The second kappa shape index (κ2) is 6.89. The van der Waals surface area contributed by atoms with Gasteiger partial charge in [0.15, 0.2) is 6.04 Å². The highest BCUT2D eigenvalue weighted by atomic mass is 16.4. The largest absolute Gasteiger partial charge is 0.480 e. The van der Waals surface area contributed by atoms with Crippen molar-refractivity contribution in [3.8, 4) is 0 Å². The van der Waals surface area contributed by atoms with Crippen molar-refractivity contribution in [2.75, 3.05) is 37.7 Å². The molecule has 8 heteroatoms. The lowest BCUT2D eigenvalue weighted by Crippen LogP contribution is -2.55. The van der Waals surface area contributed by atoms with Gasteiger partial charge in [0, 0.05) is 32.4 Å². The number of carbonyl (C=O) groups excluding carboxylic acids is 1. The molecule has 2 heterocycles. The molecule has 1 atom stereocenters. The summed E-state index contributed by atoms with van der Waals surface area (Å²) in [4.78, 5) is 30.5. The summed E-state index contributed by atoms with van der Waals surface area (Å²) in [5, 5.41) is 20.0. The summed E-state index contributed by atoms with van der Waals surface area (Å²) in [6.45, 7) is 1.57. The minimum atomic E-state index is -1.27. The molecule has 1 aliphatic rings. The Labute approximate surface area is 122 Å². The van der Waals surface area contributed by atoms with E-state index < -0.39 is 24.6 Å². The summed E-state index contributed by atoms with van der Waals surface area (Å²) in [5.41, 5.74) is 0. The van der Waals surface area contributed by atoms with Crippen LogP contribution in [0.5, 0.6) is 0 Å². The molecule has 2 amide bonds. The molecule has 0 aromatic carbocycles. The van der Waals surface area contributed by atoms with Crippen LogP contribution in [0.2, 0.25) is 0 Å². The third kappa shape index (κ3) is 3.82. The van der Waals surface area contributed by atoms with Crippen molar-refractivity contribution >= 4 is 17.8 Å². The number of nitrogens with one attached hydrogen (secondary N) is 1. The van der Waals surface area contributed by atoms with Gasteiger partial charge in [0.1, 0.15) is 5.82 Å². The minimum Gasteiger partial charge on any atom is -0.480 e. The van der Waals surface area contributed by atoms with Crippen LogP contribution in [-0.2, 0) is 4.79 Å². The number of carboxylic acid groups (broad SMARTS) is 1. The monoisotopic (exact) mass is 294 g/mol. The van der Waals surface area contributed by atoms with E-state index >= 15 is 0 Å². The second-order valence-corrected chi connectivity index (χ2v) is 4.68. The smallest absolute Gasteiger partial charge is 0.328 e. The van der Waals surface area contributed by atoms with Gasteiger partial charge in [-0.25, -0.2) is 14.6 Å². The van der Waals surface area contributed by atoms with Crippen molar-refractivity contribution in [3.05, 3.63) is 24.4 Å². The van der Waals surface area contributed by atoms with Crippen molar-refractivity contribution in [2.45, 2.75) is 6.04 Å². The first-order valence-electron chi connectivity index (χ1n) is 6.67. The molecule has 1 aromatic heterocycles. The molecule has 1 aromatic rings. The van der Waals surface area contributed by atoms with Gasteiger partial charge in [0.25, 0.3) is 0 Å². The average molecular weight is 294 g/mol. The zero-order chi connectivity index (χ0) is 15.2. The minimum absolute atomic E-state index is 0.472. The van der Waals surface area contributed by atoms with Crippen molar-refractivity contribution in [2.24, 2.45) is 0 Å². The molecule has 114 valence electrons. The number of rotatable bonds is 4. The summed E-state index contributed by atoms with van der Waals surface area (Å²) < 4.78 is 0. The van der Waals surface area contributed by atoms with Gasteiger partial charge in [-0.05, 0) is 12.1 Å². The molecule has 2 rings (SSSR count). The first-order chi connectivity index (χ1) is 10.1. The number of amides is 2. The Balaban J connectivity index is 1.86. The summed E-state index contributed by atoms with van der Waals surface area (Å²) in [5.74, 6) is -0.394. The van der Waals surface area contributed by atoms with E-state index in [4.69, 9.17) is 10.2 Å². The Bertz CT molecular complexity index is 488. The number of aliphatic carboxylic acids is 1. The molecule has 1 saturated heterocycles. The molecule has 1 fully saturated rings. The van der Waals surface area contributed by atoms with E-state index in [1.54, 1.807) is 6.20 Å². The highest BCUT2D eigenvalue weighted by Gasteiger charge is 2.25. The lowest BCUT2D eigenvalue weighted by Gasteiger charge is -2.35. The molecule has 0 aliphatic carbocycles. The van der Waals surface area contributed by atoms with E-state index in [0.29, 0.717) is 26.2 Å². The van der Waals surface area contributed by atoms with Crippen LogP contribution < -0.4 is 10.2 Å². The summed E-state index contributed by atoms with van der Waals surface area (Å²) in [6, 6.07) is 3.90. The Morgan fingerprint density at radius 1 is 1.29 bits per heavy atom. The third-order valence-corrected chi connectivity index (χ3v) is 3.32. The molecule has 0 spiro atoms. The van der Waals surface area contributed by atoms with Gasteiger partial charge in [0.05, 0.1) is 6.61 Å². The maximum atomic E-state index is 11.9. The van der Waals surface area contributed by atoms with E-state index in [2.05, 4.69) is 15.2 Å². The van der Waals surface area contributed by atoms with Gasteiger partial charge in [-0.3, -0.25) is 0 Å². The number of aliphatic hydroxyl groups excluding tert-OH is 1. The fraction of sp³-hybridized carbons (Fsp3) is 0.462. The lowest BCUT2D eigenvalue weighted by atomic mass is 10.3. The molecular weight excluding hydrogens is 276 g/mol. The number of nitrogens with zero attached hydrogens (tertiary/aromatic N) is 3. The highest BCUT2D eigenvalue weighted by Crippen LogP contribution is 2.12. The van der Waals surface area contributed by atoms with Crippen LogP contribution in [0.1, 0.15) is 0 Å². The van der Waals surface area contributed by atoms with Crippen molar-refractivity contribution in [1.29, 1.82) is 0 Å². The normalized spacial score (nSPS) is 16.4.